The molecule has 4 nitrogen and oxygen atoms in total. The summed E-state index contributed by atoms with van der Waals surface area (Å²) in [6.45, 7) is 8.34. The van der Waals surface area contributed by atoms with Gasteiger partial charge in [0.2, 0.25) is 5.91 Å². The van der Waals surface area contributed by atoms with Crippen LogP contribution in [0.5, 0.6) is 0 Å². The summed E-state index contributed by atoms with van der Waals surface area (Å²) in [5, 5.41) is 0. The van der Waals surface area contributed by atoms with Crippen molar-refractivity contribution < 1.29 is 21.7 Å². The van der Waals surface area contributed by atoms with Crippen LogP contribution in [0.3, 0.4) is 0 Å². The van der Waals surface area contributed by atoms with Gasteiger partial charge in [0.1, 0.15) is 0 Å². The van der Waals surface area contributed by atoms with Crippen LogP contribution in [-0.2, 0) is 4.79 Å². The van der Waals surface area contributed by atoms with Gasteiger partial charge in [-0.3, -0.25) is 4.79 Å². The Bertz CT molecular complexity index is 167. The number of carbonyl (C=O) groups excluding carboxylic acids is 1. The highest BCUT2D eigenvalue weighted by molar-refractivity contribution is 5.90. The average Bonchev–Trinajstić information content (AvgIpc) is 1.85. The molecule has 6 heteroatoms. The molecule has 0 rings (SSSR count). The average molecular weight is 276 g/mol. The molecule has 5 N–H and O–H groups in total. The lowest BCUT2D eigenvalue weighted by molar-refractivity contribution is -0.870. The molecule has 0 radical (unpaired) electrons. The smallest absolute Gasteiger partial charge is 0.243 e. The molecule has 0 spiro atoms. The third-order valence-corrected chi connectivity index (χ3v) is 1.32. The van der Waals surface area contributed by atoms with Crippen molar-refractivity contribution in [3.63, 3.8) is 0 Å². The fourth-order valence-corrected chi connectivity index (χ4v) is 0.671. The van der Waals surface area contributed by atoms with Gasteiger partial charge in [-0.2, -0.15) is 0 Å². The molecule has 1 amide bonds. The maximum atomic E-state index is 9.82. The van der Waals surface area contributed by atoms with E-state index in [4.69, 9.17) is 5.73 Å². The van der Waals surface area contributed by atoms with Crippen LogP contribution in [0.25, 0.3) is 0 Å². The van der Waals surface area contributed by atoms with Gasteiger partial charge in [0.15, 0.2) is 0 Å². The third kappa shape index (κ3) is 37.3. The number of hydrogen-bond donors (Lipinski definition) is 2. The Morgan fingerprint density at radius 3 is 1.56 bits per heavy atom. The van der Waals surface area contributed by atoms with Crippen LogP contribution in [0.1, 0.15) is 20.3 Å². The summed E-state index contributed by atoms with van der Waals surface area (Å²) >= 11 is 0. The maximum Gasteiger partial charge on any atom is 0.243 e. The summed E-state index contributed by atoms with van der Waals surface area (Å²) in [6.07, 6.45) is 1.28. The molecule has 0 aliphatic rings. The summed E-state index contributed by atoms with van der Waals surface area (Å²) in [6, 6.07) is 0. The fourth-order valence-electron chi connectivity index (χ4n) is 0.671. The normalized spacial score (nSPS) is 8.06. The molecule has 0 heterocycles. The van der Waals surface area contributed by atoms with E-state index in [1.54, 1.807) is 6.92 Å². The van der Waals surface area contributed by atoms with E-state index in [1.165, 1.54) is 13.0 Å². The molecular formula is C10H27Cl2N3O. The predicted molar refractivity (Wildman–Crippen MR) is 69.5 cm³/mol. The van der Waals surface area contributed by atoms with Gasteiger partial charge in [-0.1, -0.05) is 13.5 Å². The monoisotopic (exact) mass is 275 g/mol. The van der Waals surface area contributed by atoms with Crippen LogP contribution in [0, 0.1) is 0 Å². The van der Waals surface area contributed by atoms with Crippen molar-refractivity contribution in [2.45, 2.75) is 20.3 Å². The summed E-state index contributed by atoms with van der Waals surface area (Å²) in [5.74, 6) is -0.435. The lowest BCUT2D eigenvalue weighted by Crippen LogP contribution is -3.00. The van der Waals surface area contributed by atoms with E-state index in [2.05, 4.69) is 34.6 Å². The molecule has 0 atom stereocenters. The molecule has 0 saturated carbocycles. The Kier molecular flexibility index (Phi) is 27.2. The van der Waals surface area contributed by atoms with Crippen LogP contribution in [0.15, 0.2) is 12.2 Å². The molecule has 0 aromatic heterocycles. The second-order valence-corrected chi connectivity index (χ2v) is 4.16. The van der Waals surface area contributed by atoms with Crippen LogP contribution in [0.4, 0.5) is 0 Å². The van der Waals surface area contributed by atoms with Crippen LogP contribution in [-0.4, -0.2) is 38.1 Å². The zero-order valence-corrected chi connectivity index (χ0v) is 12.6. The van der Waals surface area contributed by atoms with Crippen molar-refractivity contribution in [3.8, 4) is 0 Å². The molecule has 0 unspecified atom stereocenters. The minimum Gasteiger partial charge on any atom is -1.00 e. The first-order valence-corrected chi connectivity index (χ1v) is 4.46. The van der Waals surface area contributed by atoms with E-state index in [0.717, 1.165) is 4.48 Å². The van der Waals surface area contributed by atoms with Crippen molar-refractivity contribution in [2.75, 3.05) is 27.7 Å². The molecule has 0 aliphatic heterocycles. The number of halogens is 2. The van der Waals surface area contributed by atoms with E-state index >= 15 is 0 Å². The van der Waals surface area contributed by atoms with E-state index in [-0.39, 0.29) is 31.0 Å². The molecule has 0 aromatic rings. The first-order chi connectivity index (χ1) is 5.70. The van der Waals surface area contributed by atoms with Gasteiger partial charge >= 0.3 is 0 Å². The van der Waals surface area contributed by atoms with Gasteiger partial charge in [0.25, 0.3) is 0 Å². The summed E-state index contributed by atoms with van der Waals surface area (Å²) < 4.78 is 1.09. The van der Waals surface area contributed by atoms with Crippen molar-refractivity contribution in [1.82, 2.24) is 6.15 Å². The topological polar surface area (TPSA) is 78.1 Å². The molecule has 0 saturated heterocycles. The number of quaternary nitrogens is 1. The van der Waals surface area contributed by atoms with Gasteiger partial charge < -0.3 is 28.8 Å². The number of rotatable bonds is 3. The Morgan fingerprint density at radius 2 is 1.56 bits per heavy atom. The lowest BCUT2D eigenvalue weighted by Gasteiger charge is -2.22. The second-order valence-electron chi connectivity index (χ2n) is 4.16. The third-order valence-electron chi connectivity index (χ3n) is 1.32. The van der Waals surface area contributed by atoms with Crippen LogP contribution < -0.4 is 24.3 Å². The van der Waals surface area contributed by atoms with E-state index in [9.17, 15) is 4.79 Å². The number of nitrogens with two attached hydrogens (primary N) is 1. The van der Waals surface area contributed by atoms with Gasteiger partial charge in [-0.05, 0) is 13.3 Å². The van der Waals surface area contributed by atoms with Gasteiger partial charge in [0, 0.05) is 5.57 Å². The zero-order chi connectivity index (χ0) is 11.1. The second kappa shape index (κ2) is 14.7. The molecule has 0 fully saturated rings. The maximum absolute atomic E-state index is 9.82. The largest absolute Gasteiger partial charge is 1.00 e. The van der Waals surface area contributed by atoms with Gasteiger partial charge in [0.05, 0.1) is 27.7 Å². The molecule has 0 aromatic carbocycles. The number of nitrogens with zero attached hydrogens (tertiary/aromatic N) is 1. The summed E-state index contributed by atoms with van der Waals surface area (Å²) in [4.78, 5) is 9.82. The van der Waals surface area contributed by atoms with E-state index < -0.39 is 5.91 Å². The highest BCUT2D eigenvalue weighted by Gasteiger charge is 2.01. The Morgan fingerprint density at radius 1 is 1.31 bits per heavy atom. The van der Waals surface area contributed by atoms with Gasteiger partial charge in [-0.15, -0.1) is 12.4 Å². The standard InChI is InChI=1S/C6H16N.C4H7NO.2ClH.H3N/c1-5-6-7(2,3)4;1-3(2)4(5)6;;;/h5-6H2,1-4H3;1H2,2H3,(H2,5,6);2*1H;1H3/q+1;;;;/p-1. The molecule has 0 aliphatic carbocycles. The van der Waals surface area contributed by atoms with E-state index in [0.29, 0.717) is 5.57 Å². The van der Waals surface area contributed by atoms with Crippen LogP contribution >= 0.6 is 12.4 Å². The Balaban J connectivity index is -0.0000000428. The highest BCUT2D eigenvalue weighted by atomic mass is 35.5. The predicted octanol–water partition coefficient (Wildman–Crippen LogP) is -1.26. The zero-order valence-electron chi connectivity index (χ0n) is 11.0. The van der Waals surface area contributed by atoms with Crippen LogP contribution in [0.2, 0.25) is 0 Å². The first kappa shape index (κ1) is 29.6. The van der Waals surface area contributed by atoms with Crippen molar-refractivity contribution >= 4 is 18.3 Å². The quantitative estimate of drug-likeness (QED) is 0.498. The summed E-state index contributed by atoms with van der Waals surface area (Å²) in [7, 11) is 6.64. The van der Waals surface area contributed by atoms with Crippen molar-refractivity contribution in [1.29, 1.82) is 0 Å². The van der Waals surface area contributed by atoms with Crippen molar-refractivity contribution in [2.24, 2.45) is 5.73 Å². The Hall–Kier alpha value is -0.290. The molecular weight excluding hydrogens is 249 g/mol. The SMILES string of the molecule is C=C(C)C(N)=O.CCC[N+](C)(C)C.Cl.N.[Cl-]. The number of hydrogen-bond acceptors (Lipinski definition) is 2. The summed E-state index contributed by atoms with van der Waals surface area (Å²) in [5.41, 5.74) is 5.09. The lowest BCUT2D eigenvalue weighted by atomic mass is 10.3. The molecule has 102 valence electrons. The minimum atomic E-state index is -0.435. The highest BCUT2D eigenvalue weighted by Crippen LogP contribution is 1.90. The Labute approximate surface area is 112 Å². The minimum absolute atomic E-state index is 0. The number of amides is 1. The number of primary amides is 1. The first-order valence-electron chi connectivity index (χ1n) is 4.46. The molecule has 0 bridgehead atoms. The number of carbonyl (C=O) groups is 1. The van der Waals surface area contributed by atoms with Gasteiger partial charge in [-0.25, -0.2) is 0 Å². The fraction of sp³-hybridized carbons (Fsp3) is 0.700. The molecule has 16 heavy (non-hydrogen) atoms. The van der Waals surface area contributed by atoms with E-state index in [1.807, 2.05) is 0 Å². The van der Waals surface area contributed by atoms with Crippen molar-refractivity contribution in [3.05, 3.63) is 12.2 Å².